The van der Waals surface area contributed by atoms with Gasteiger partial charge in [0.25, 0.3) is 0 Å². The molecular weight excluding hydrogens is 210 g/mol. The smallest absolute Gasteiger partial charge is 0.311 e. The van der Waals surface area contributed by atoms with Crippen molar-refractivity contribution >= 4 is 17.3 Å². The Labute approximate surface area is 94.5 Å². The van der Waals surface area contributed by atoms with Gasteiger partial charge in [0.2, 0.25) is 0 Å². The fourth-order valence-electron chi connectivity index (χ4n) is 1.15. The fraction of sp³-hybridized carbons (Fsp3) is 0.545. The number of carbonyl (C=O) groups excluding carboxylic acids is 1. The first-order valence-electron chi connectivity index (χ1n) is 5.21. The molecule has 4 heteroatoms. The lowest BCUT2D eigenvalue weighted by atomic mass is 10.3. The molecule has 3 nitrogen and oxygen atoms in total. The quantitative estimate of drug-likeness (QED) is 0.570. The first-order valence-corrected chi connectivity index (χ1v) is 6.09. The maximum absolute atomic E-state index is 11.3. The van der Waals surface area contributed by atoms with E-state index in [0.29, 0.717) is 13.0 Å². The second-order valence-corrected chi connectivity index (χ2v) is 4.26. The zero-order valence-electron chi connectivity index (χ0n) is 8.99. The molecule has 0 saturated carbocycles. The van der Waals surface area contributed by atoms with Gasteiger partial charge in [0.15, 0.2) is 0 Å². The van der Waals surface area contributed by atoms with Crippen LogP contribution < -0.4 is 5.32 Å². The van der Waals surface area contributed by atoms with E-state index in [0.717, 1.165) is 24.4 Å². The summed E-state index contributed by atoms with van der Waals surface area (Å²) in [6.07, 6.45) is 1.49. The van der Waals surface area contributed by atoms with Gasteiger partial charge in [-0.25, -0.2) is 0 Å². The Morgan fingerprint density at radius 1 is 1.53 bits per heavy atom. The van der Waals surface area contributed by atoms with Crippen molar-refractivity contribution in [3.8, 4) is 0 Å². The van der Waals surface area contributed by atoms with Gasteiger partial charge >= 0.3 is 5.97 Å². The van der Waals surface area contributed by atoms with Crippen molar-refractivity contribution in [2.75, 3.05) is 19.7 Å². The molecule has 1 N–H and O–H groups in total. The summed E-state index contributed by atoms with van der Waals surface area (Å²) >= 11 is 1.58. The SMILES string of the molecule is CCCNCCOC(=O)Cc1cccs1. The number of esters is 1. The highest BCUT2D eigenvalue weighted by Crippen LogP contribution is 2.09. The number of rotatable bonds is 7. The highest BCUT2D eigenvalue weighted by molar-refractivity contribution is 7.10. The second kappa shape index (κ2) is 7.43. The molecular formula is C11H17NO2S. The molecule has 84 valence electrons. The van der Waals surface area contributed by atoms with E-state index in [1.807, 2.05) is 17.5 Å². The fourth-order valence-corrected chi connectivity index (χ4v) is 1.84. The van der Waals surface area contributed by atoms with E-state index in [1.54, 1.807) is 11.3 Å². The lowest BCUT2D eigenvalue weighted by Gasteiger charge is -2.04. The molecule has 0 atom stereocenters. The minimum atomic E-state index is -0.143. The third-order valence-corrected chi connectivity index (χ3v) is 2.74. The number of nitrogens with one attached hydrogen (secondary N) is 1. The molecule has 0 aliphatic carbocycles. The minimum absolute atomic E-state index is 0.143. The molecule has 1 aromatic rings. The topological polar surface area (TPSA) is 38.3 Å². The predicted octanol–water partition coefficient (Wildman–Crippen LogP) is 1.83. The van der Waals surface area contributed by atoms with Crippen LogP contribution in [-0.4, -0.2) is 25.7 Å². The second-order valence-electron chi connectivity index (χ2n) is 3.23. The van der Waals surface area contributed by atoms with Gasteiger partial charge in [0.05, 0.1) is 6.42 Å². The first kappa shape index (κ1) is 12.2. The summed E-state index contributed by atoms with van der Waals surface area (Å²) in [4.78, 5) is 12.4. The molecule has 0 aliphatic heterocycles. The van der Waals surface area contributed by atoms with Crippen molar-refractivity contribution in [2.24, 2.45) is 0 Å². The van der Waals surface area contributed by atoms with E-state index >= 15 is 0 Å². The van der Waals surface area contributed by atoms with Crippen LogP contribution in [0.3, 0.4) is 0 Å². The molecule has 0 fully saturated rings. The van der Waals surface area contributed by atoms with Crippen molar-refractivity contribution < 1.29 is 9.53 Å². The summed E-state index contributed by atoms with van der Waals surface area (Å²) < 4.78 is 5.07. The normalized spacial score (nSPS) is 10.2. The van der Waals surface area contributed by atoms with E-state index in [2.05, 4.69) is 12.2 Å². The number of hydrogen-bond donors (Lipinski definition) is 1. The van der Waals surface area contributed by atoms with Gasteiger partial charge < -0.3 is 10.1 Å². The summed E-state index contributed by atoms with van der Waals surface area (Å²) in [6, 6.07) is 3.89. The lowest BCUT2D eigenvalue weighted by Crippen LogP contribution is -2.22. The molecule has 0 bridgehead atoms. The third kappa shape index (κ3) is 5.54. The highest BCUT2D eigenvalue weighted by atomic mass is 32.1. The summed E-state index contributed by atoms with van der Waals surface area (Å²) in [5.41, 5.74) is 0. The van der Waals surface area contributed by atoms with Crippen LogP contribution in [0.15, 0.2) is 17.5 Å². The lowest BCUT2D eigenvalue weighted by molar-refractivity contribution is -0.142. The van der Waals surface area contributed by atoms with Crippen LogP contribution in [-0.2, 0) is 16.0 Å². The molecule has 0 amide bonds. The summed E-state index contributed by atoms with van der Waals surface area (Å²) in [5, 5.41) is 5.14. The van der Waals surface area contributed by atoms with Crippen LogP contribution in [0.25, 0.3) is 0 Å². The van der Waals surface area contributed by atoms with Crippen LogP contribution in [0, 0.1) is 0 Å². The molecule has 1 rings (SSSR count). The zero-order valence-corrected chi connectivity index (χ0v) is 9.81. The van der Waals surface area contributed by atoms with Gasteiger partial charge in [-0.1, -0.05) is 13.0 Å². The van der Waals surface area contributed by atoms with Crippen molar-refractivity contribution in [1.29, 1.82) is 0 Å². The van der Waals surface area contributed by atoms with Crippen molar-refractivity contribution in [3.05, 3.63) is 22.4 Å². The zero-order chi connectivity index (χ0) is 10.9. The van der Waals surface area contributed by atoms with Crippen molar-refractivity contribution in [1.82, 2.24) is 5.32 Å². The Morgan fingerprint density at radius 3 is 3.07 bits per heavy atom. The number of thiophene rings is 1. The van der Waals surface area contributed by atoms with E-state index < -0.39 is 0 Å². The maximum atomic E-state index is 11.3. The molecule has 0 unspecified atom stereocenters. The predicted molar refractivity (Wildman–Crippen MR) is 62.1 cm³/mol. The summed E-state index contributed by atoms with van der Waals surface area (Å²) in [5.74, 6) is -0.143. The van der Waals surface area contributed by atoms with Crippen LogP contribution >= 0.6 is 11.3 Å². The number of ether oxygens (including phenoxy) is 1. The summed E-state index contributed by atoms with van der Waals surface area (Å²) in [6.45, 7) is 4.28. The maximum Gasteiger partial charge on any atom is 0.311 e. The molecule has 0 saturated heterocycles. The van der Waals surface area contributed by atoms with Gasteiger partial charge in [-0.3, -0.25) is 4.79 Å². The molecule has 1 heterocycles. The monoisotopic (exact) mass is 227 g/mol. The third-order valence-electron chi connectivity index (χ3n) is 1.87. The van der Waals surface area contributed by atoms with Gasteiger partial charge in [0, 0.05) is 11.4 Å². The van der Waals surface area contributed by atoms with E-state index in [4.69, 9.17) is 4.74 Å². The largest absolute Gasteiger partial charge is 0.464 e. The van der Waals surface area contributed by atoms with Crippen molar-refractivity contribution in [2.45, 2.75) is 19.8 Å². The van der Waals surface area contributed by atoms with E-state index in [1.165, 1.54) is 0 Å². The Kier molecular flexibility index (Phi) is 6.04. The van der Waals surface area contributed by atoms with Crippen LogP contribution in [0.5, 0.6) is 0 Å². The summed E-state index contributed by atoms with van der Waals surface area (Å²) in [7, 11) is 0. The first-order chi connectivity index (χ1) is 7.33. The van der Waals surface area contributed by atoms with Gasteiger partial charge in [-0.2, -0.15) is 0 Å². The minimum Gasteiger partial charge on any atom is -0.464 e. The molecule has 0 aliphatic rings. The van der Waals surface area contributed by atoms with Crippen LogP contribution in [0.2, 0.25) is 0 Å². The average Bonchev–Trinajstić information content (AvgIpc) is 2.70. The van der Waals surface area contributed by atoms with Crippen LogP contribution in [0.4, 0.5) is 0 Å². The molecule has 0 aromatic carbocycles. The molecule has 0 radical (unpaired) electrons. The Balaban J connectivity index is 2.04. The van der Waals surface area contributed by atoms with Gasteiger partial charge in [0.1, 0.15) is 6.61 Å². The number of hydrogen-bond acceptors (Lipinski definition) is 4. The van der Waals surface area contributed by atoms with Crippen molar-refractivity contribution in [3.63, 3.8) is 0 Å². The molecule has 1 aromatic heterocycles. The molecule has 15 heavy (non-hydrogen) atoms. The van der Waals surface area contributed by atoms with Crippen LogP contribution in [0.1, 0.15) is 18.2 Å². The highest BCUT2D eigenvalue weighted by Gasteiger charge is 2.04. The Bertz CT molecular complexity index is 272. The Morgan fingerprint density at radius 2 is 2.40 bits per heavy atom. The number of carbonyl (C=O) groups is 1. The standard InChI is InChI=1S/C11H17NO2S/c1-2-5-12-6-7-14-11(13)9-10-4-3-8-15-10/h3-4,8,12H,2,5-7,9H2,1H3. The molecule has 0 spiro atoms. The average molecular weight is 227 g/mol. The Hall–Kier alpha value is -0.870. The van der Waals surface area contributed by atoms with Gasteiger partial charge in [-0.05, 0) is 24.4 Å². The van der Waals surface area contributed by atoms with E-state index in [-0.39, 0.29) is 5.97 Å². The van der Waals surface area contributed by atoms with E-state index in [9.17, 15) is 4.79 Å². The van der Waals surface area contributed by atoms with Gasteiger partial charge in [-0.15, -0.1) is 11.3 Å².